The molecule has 1 aromatic carbocycles. The molecule has 0 bridgehead atoms. The monoisotopic (exact) mass is 444 g/mol. The van der Waals surface area contributed by atoms with Crippen molar-refractivity contribution in [3.63, 3.8) is 0 Å². The SMILES string of the molecule is CC(=O)c1ccc(N2CCN(C(=O)c3cc(S(=O)(=O)N4CCCC4)cn3C)CC2)cc1. The van der Waals surface area contributed by atoms with E-state index >= 15 is 0 Å². The topological polar surface area (TPSA) is 82.9 Å². The Morgan fingerprint density at radius 1 is 0.903 bits per heavy atom. The van der Waals surface area contributed by atoms with Crippen LogP contribution in [0.3, 0.4) is 0 Å². The van der Waals surface area contributed by atoms with E-state index in [0.29, 0.717) is 50.5 Å². The van der Waals surface area contributed by atoms with Crippen LogP contribution in [0.5, 0.6) is 0 Å². The lowest BCUT2D eigenvalue weighted by molar-refractivity contribution is 0.0737. The molecule has 0 aliphatic carbocycles. The number of benzene rings is 1. The zero-order valence-electron chi connectivity index (χ0n) is 18.0. The van der Waals surface area contributed by atoms with Crippen LogP contribution < -0.4 is 4.90 Å². The first-order chi connectivity index (χ1) is 14.8. The highest BCUT2D eigenvalue weighted by molar-refractivity contribution is 7.89. The van der Waals surface area contributed by atoms with Gasteiger partial charge < -0.3 is 14.4 Å². The molecule has 1 aromatic heterocycles. The molecule has 3 heterocycles. The van der Waals surface area contributed by atoms with Gasteiger partial charge in [-0.3, -0.25) is 9.59 Å². The number of nitrogens with zero attached hydrogens (tertiary/aromatic N) is 4. The van der Waals surface area contributed by atoms with Crippen LogP contribution in [-0.2, 0) is 17.1 Å². The molecular formula is C22H28N4O4S. The van der Waals surface area contributed by atoms with E-state index in [4.69, 9.17) is 0 Å². The van der Waals surface area contributed by atoms with Crippen molar-refractivity contribution in [2.75, 3.05) is 44.2 Å². The van der Waals surface area contributed by atoms with E-state index in [1.165, 1.54) is 16.6 Å². The molecule has 2 aromatic rings. The molecule has 1 amide bonds. The molecule has 2 saturated heterocycles. The summed E-state index contributed by atoms with van der Waals surface area (Å²) in [6, 6.07) is 9.01. The van der Waals surface area contributed by atoms with Gasteiger partial charge in [0.05, 0.1) is 0 Å². The Labute approximate surface area is 183 Å². The molecule has 0 radical (unpaired) electrons. The molecule has 166 valence electrons. The second-order valence-corrected chi connectivity index (χ2v) is 10.1. The Balaban J connectivity index is 1.43. The number of aromatic nitrogens is 1. The van der Waals surface area contributed by atoms with E-state index in [1.807, 2.05) is 24.3 Å². The van der Waals surface area contributed by atoms with E-state index in [-0.39, 0.29) is 16.6 Å². The van der Waals surface area contributed by atoms with E-state index in [1.54, 1.807) is 23.4 Å². The molecule has 2 aliphatic heterocycles. The number of Topliss-reactive ketones (excluding diaryl/α,β-unsaturated/α-hetero) is 1. The largest absolute Gasteiger partial charge is 0.368 e. The van der Waals surface area contributed by atoms with Crippen molar-refractivity contribution in [1.82, 2.24) is 13.8 Å². The average Bonchev–Trinajstić information content (AvgIpc) is 3.44. The molecule has 0 N–H and O–H groups in total. The summed E-state index contributed by atoms with van der Waals surface area (Å²) in [6.07, 6.45) is 3.28. The van der Waals surface area contributed by atoms with Gasteiger partial charge in [-0.25, -0.2) is 8.42 Å². The highest BCUT2D eigenvalue weighted by Gasteiger charge is 2.31. The van der Waals surface area contributed by atoms with Crippen LogP contribution in [0.1, 0.15) is 40.6 Å². The van der Waals surface area contributed by atoms with Gasteiger partial charge in [-0.2, -0.15) is 4.31 Å². The summed E-state index contributed by atoms with van der Waals surface area (Å²) in [5.74, 6) is -0.118. The normalized spacial score (nSPS) is 17.9. The first-order valence-electron chi connectivity index (χ1n) is 10.6. The molecular weight excluding hydrogens is 416 g/mol. The number of piperazine rings is 1. The second kappa shape index (κ2) is 8.47. The summed E-state index contributed by atoms with van der Waals surface area (Å²) < 4.78 is 28.8. The second-order valence-electron chi connectivity index (χ2n) is 8.17. The number of hydrogen-bond donors (Lipinski definition) is 0. The standard InChI is InChI=1S/C22H28N4O4S/c1-17(27)18-5-7-19(8-6-18)24-11-13-25(14-12-24)22(28)21-15-20(16-23(21)2)31(29,30)26-9-3-4-10-26/h5-8,15-16H,3-4,9-14H2,1-2H3. The molecule has 4 rings (SSSR count). The van der Waals surface area contributed by atoms with Crippen LogP contribution in [0, 0.1) is 0 Å². The molecule has 0 saturated carbocycles. The molecule has 2 fully saturated rings. The Morgan fingerprint density at radius 3 is 2.10 bits per heavy atom. The maximum absolute atomic E-state index is 13.1. The number of anilines is 1. The van der Waals surface area contributed by atoms with Crippen molar-refractivity contribution < 1.29 is 18.0 Å². The minimum atomic E-state index is -3.55. The van der Waals surface area contributed by atoms with Crippen molar-refractivity contribution in [2.24, 2.45) is 7.05 Å². The zero-order valence-corrected chi connectivity index (χ0v) is 18.8. The molecule has 0 unspecified atom stereocenters. The van der Waals surface area contributed by atoms with Gasteiger partial charge in [-0.1, -0.05) is 0 Å². The lowest BCUT2D eigenvalue weighted by Crippen LogP contribution is -2.49. The minimum absolute atomic E-state index is 0.0376. The lowest BCUT2D eigenvalue weighted by Gasteiger charge is -2.36. The van der Waals surface area contributed by atoms with Crippen molar-refractivity contribution in [1.29, 1.82) is 0 Å². The predicted octanol–water partition coefficient (Wildman–Crippen LogP) is 1.97. The van der Waals surface area contributed by atoms with Crippen LogP contribution >= 0.6 is 0 Å². The highest BCUT2D eigenvalue weighted by atomic mass is 32.2. The van der Waals surface area contributed by atoms with Gasteiger partial charge in [0.25, 0.3) is 5.91 Å². The Morgan fingerprint density at radius 2 is 1.52 bits per heavy atom. The fourth-order valence-corrected chi connectivity index (χ4v) is 5.79. The number of rotatable bonds is 5. The van der Waals surface area contributed by atoms with Crippen LogP contribution in [-0.4, -0.2) is 73.1 Å². The number of sulfonamides is 1. The fraction of sp³-hybridized carbons (Fsp3) is 0.455. The molecule has 8 nitrogen and oxygen atoms in total. The van der Waals surface area contributed by atoms with E-state index in [0.717, 1.165) is 18.5 Å². The predicted molar refractivity (Wildman–Crippen MR) is 118 cm³/mol. The van der Waals surface area contributed by atoms with Gasteiger partial charge in [-0.05, 0) is 50.1 Å². The molecule has 9 heteroatoms. The number of amides is 1. The van der Waals surface area contributed by atoms with Crippen LogP contribution in [0.2, 0.25) is 0 Å². The molecule has 31 heavy (non-hydrogen) atoms. The van der Waals surface area contributed by atoms with Crippen molar-refractivity contribution in [2.45, 2.75) is 24.7 Å². The first-order valence-corrected chi connectivity index (χ1v) is 12.0. The number of carbonyl (C=O) groups excluding carboxylic acids is 2. The Hall–Kier alpha value is -2.65. The summed E-state index contributed by atoms with van der Waals surface area (Å²) in [4.78, 5) is 28.7. The summed E-state index contributed by atoms with van der Waals surface area (Å²) >= 11 is 0. The number of carbonyl (C=O) groups is 2. The smallest absolute Gasteiger partial charge is 0.270 e. The third-order valence-electron chi connectivity index (χ3n) is 6.11. The summed E-state index contributed by atoms with van der Waals surface area (Å²) in [5, 5.41) is 0. The quantitative estimate of drug-likeness (QED) is 0.659. The van der Waals surface area contributed by atoms with Crippen molar-refractivity contribution in [3.8, 4) is 0 Å². The number of aryl methyl sites for hydroxylation is 1. The summed E-state index contributed by atoms with van der Waals surface area (Å²) in [5.41, 5.74) is 2.09. The van der Waals surface area contributed by atoms with Gasteiger partial charge in [0.2, 0.25) is 10.0 Å². The van der Waals surface area contributed by atoms with Gasteiger partial charge >= 0.3 is 0 Å². The van der Waals surface area contributed by atoms with Crippen LogP contribution in [0.25, 0.3) is 0 Å². The zero-order chi connectivity index (χ0) is 22.2. The minimum Gasteiger partial charge on any atom is -0.368 e. The number of hydrogen-bond acceptors (Lipinski definition) is 5. The summed E-state index contributed by atoms with van der Waals surface area (Å²) in [6.45, 7) is 5.07. The van der Waals surface area contributed by atoms with Gasteiger partial charge in [0.15, 0.2) is 5.78 Å². The Bertz CT molecular complexity index is 1080. The van der Waals surface area contributed by atoms with Gasteiger partial charge in [0.1, 0.15) is 10.6 Å². The fourth-order valence-electron chi connectivity index (χ4n) is 4.20. The maximum Gasteiger partial charge on any atom is 0.270 e. The first kappa shape index (κ1) is 21.6. The van der Waals surface area contributed by atoms with E-state index < -0.39 is 10.0 Å². The van der Waals surface area contributed by atoms with Crippen molar-refractivity contribution >= 4 is 27.4 Å². The van der Waals surface area contributed by atoms with Gasteiger partial charge in [-0.15, -0.1) is 0 Å². The van der Waals surface area contributed by atoms with E-state index in [2.05, 4.69) is 4.90 Å². The van der Waals surface area contributed by atoms with E-state index in [9.17, 15) is 18.0 Å². The van der Waals surface area contributed by atoms with Crippen LogP contribution in [0.4, 0.5) is 5.69 Å². The lowest BCUT2D eigenvalue weighted by atomic mass is 10.1. The average molecular weight is 445 g/mol. The molecule has 0 spiro atoms. The van der Waals surface area contributed by atoms with Crippen molar-refractivity contribution in [3.05, 3.63) is 47.8 Å². The number of ketones is 1. The highest BCUT2D eigenvalue weighted by Crippen LogP contribution is 2.24. The maximum atomic E-state index is 13.1. The molecule has 0 atom stereocenters. The Kier molecular flexibility index (Phi) is 5.90. The van der Waals surface area contributed by atoms with Crippen LogP contribution in [0.15, 0.2) is 41.4 Å². The third kappa shape index (κ3) is 4.24. The van der Waals surface area contributed by atoms with Gasteiger partial charge in [0, 0.05) is 63.8 Å². The molecule has 2 aliphatic rings. The third-order valence-corrected chi connectivity index (χ3v) is 7.97. The summed E-state index contributed by atoms with van der Waals surface area (Å²) in [7, 11) is -1.84.